The second-order valence-corrected chi connectivity index (χ2v) is 26.8. The summed E-state index contributed by atoms with van der Waals surface area (Å²) in [5.74, 6) is 0. The Balaban J connectivity index is 0.000000208. The Hall–Kier alpha value is -3.14. The highest BCUT2D eigenvalue weighted by Gasteiger charge is 2.53. The van der Waals surface area contributed by atoms with Gasteiger partial charge in [0.15, 0.2) is 0 Å². The van der Waals surface area contributed by atoms with Crippen molar-refractivity contribution in [1.29, 1.82) is 0 Å². The van der Waals surface area contributed by atoms with E-state index in [2.05, 4.69) is 163 Å². The third-order valence-electron chi connectivity index (χ3n) is 12.4. The third kappa shape index (κ3) is 9.11. The van der Waals surface area contributed by atoms with Gasteiger partial charge in [-0.3, -0.25) is 0 Å². The molecule has 2 aliphatic carbocycles. The van der Waals surface area contributed by atoms with Crippen LogP contribution in [0.3, 0.4) is 0 Å². The fourth-order valence-corrected chi connectivity index (χ4v) is 18.6. The number of aldehydes is 1. The molecule has 0 bridgehead atoms. The van der Waals surface area contributed by atoms with Crippen molar-refractivity contribution >= 4 is 43.7 Å². The highest BCUT2D eigenvalue weighted by atomic mass is 28.4. The van der Waals surface area contributed by atoms with Crippen molar-refractivity contribution in [3.8, 4) is 0 Å². The van der Waals surface area contributed by atoms with Gasteiger partial charge in [0, 0.05) is 24.0 Å². The molecule has 0 amide bonds. The molecule has 4 aromatic carbocycles. The van der Waals surface area contributed by atoms with Crippen LogP contribution in [0.5, 0.6) is 0 Å². The minimum atomic E-state index is -2.56. The SMILES string of the molecule is CC(C)(C)[Si](OCC1(C=O)CCCCC1)(c1ccccc1)c1ccccc1.CC(C)(C)[Si](OCC1(CO)CCCCC1)(c1ccccc1)c1ccccc1. The molecule has 2 fully saturated rings. The van der Waals surface area contributed by atoms with E-state index in [0.717, 1.165) is 38.5 Å². The number of rotatable bonds is 12. The molecule has 54 heavy (non-hydrogen) atoms. The van der Waals surface area contributed by atoms with Gasteiger partial charge in [-0.2, -0.15) is 0 Å². The van der Waals surface area contributed by atoms with Crippen LogP contribution in [-0.2, 0) is 13.6 Å². The molecule has 0 heterocycles. The van der Waals surface area contributed by atoms with Crippen LogP contribution in [0.15, 0.2) is 121 Å². The summed E-state index contributed by atoms with van der Waals surface area (Å²) in [5, 5.41) is 15.3. The van der Waals surface area contributed by atoms with E-state index in [-0.39, 0.29) is 27.5 Å². The van der Waals surface area contributed by atoms with Crippen molar-refractivity contribution < 1.29 is 18.8 Å². The van der Waals surface area contributed by atoms with E-state index in [1.165, 1.54) is 52.7 Å². The van der Waals surface area contributed by atoms with Crippen molar-refractivity contribution in [2.75, 3.05) is 19.8 Å². The fourth-order valence-electron chi connectivity index (χ4n) is 9.24. The highest BCUT2D eigenvalue weighted by molar-refractivity contribution is 7.00. The van der Waals surface area contributed by atoms with Crippen molar-refractivity contribution in [2.24, 2.45) is 10.8 Å². The maximum absolute atomic E-state index is 12.1. The molecule has 0 unspecified atom stereocenters. The van der Waals surface area contributed by atoms with Gasteiger partial charge >= 0.3 is 0 Å². The van der Waals surface area contributed by atoms with E-state index in [1.54, 1.807) is 0 Å². The maximum atomic E-state index is 12.1. The molecule has 1 N–H and O–H groups in total. The molecule has 0 spiro atoms. The van der Waals surface area contributed by atoms with Crippen LogP contribution in [0.4, 0.5) is 0 Å². The molecule has 0 saturated heterocycles. The Labute approximate surface area is 329 Å². The van der Waals surface area contributed by atoms with Crippen molar-refractivity contribution in [3.05, 3.63) is 121 Å². The van der Waals surface area contributed by atoms with Gasteiger partial charge in [-0.15, -0.1) is 0 Å². The summed E-state index contributed by atoms with van der Waals surface area (Å²) in [7, 11) is -5.06. The van der Waals surface area contributed by atoms with E-state index < -0.39 is 16.6 Å². The molecule has 4 aromatic rings. The van der Waals surface area contributed by atoms with E-state index >= 15 is 0 Å². The Morgan fingerprint density at radius 2 is 0.833 bits per heavy atom. The van der Waals surface area contributed by atoms with Crippen LogP contribution < -0.4 is 20.7 Å². The minimum absolute atomic E-state index is 0.0129. The van der Waals surface area contributed by atoms with Gasteiger partial charge in [0.05, 0.1) is 6.61 Å². The van der Waals surface area contributed by atoms with Crippen LogP contribution in [0.25, 0.3) is 0 Å². The third-order valence-corrected chi connectivity index (χ3v) is 22.3. The predicted molar refractivity (Wildman–Crippen MR) is 231 cm³/mol. The van der Waals surface area contributed by atoms with E-state index in [1.807, 2.05) is 0 Å². The second-order valence-electron chi connectivity index (χ2n) is 18.2. The fraction of sp³-hybridized carbons (Fsp3) is 0.479. The first-order valence-electron chi connectivity index (χ1n) is 20.4. The van der Waals surface area contributed by atoms with Gasteiger partial charge in [0.2, 0.25) is 0 Å². The van der Waals surface area contributed by atoms with Gasteiger partial charge in [0.1, 0.15) is 6.29 Å². The lowest BCUT2D eigenvalue weighted by molar-refractivity contribution is -0.119. The molecule has 0 atom stereocenters. The largest absolute Gasteiger partial charge is 0.407 e. The predicted octanol–water partition coefficient (Wildman–Crippen LogP) is 9.22. The number of carbonyl (C=O) groups is 1. The van der Waals surface area contributed by atoms with Crippen LogP contribution in [-0.4, -0.2) is 47.8 Å². The van der Waals surface area contributed by atoms with E-state index in [9.17, 15) is 9.90 Å². The first-order valence-corrected chi connectivity index (χ1v) is 24.3. The van der Waals surface area contributed by atoms with Gasteiger partial charge in [-0.1, -0.05) is 201 Å². The highest BCUT2D eigenvalue weighted by Crippen LogP contribution is 2.42. The average molecular weight is 763 g/mol. The summed E-state index contributed by atoms with van der Waals surface area (Å²) < 4.78 is 14.1. The quantitative estimate of drug-likeness (QED) is 0.116. The normalized spacial score (nSPS) is 17.5. The van der Waals surface area contributed by atoms with E-state index in [4.69, 9.17) is 8.85 Å². The summed E-state index contributed by atoms with van der Waals surface area (Å²) in [6, 6.07) is 42.9. The van der Waals surface area contributed by atoms with Gasteiger partial charge in [-0.05, 0) is 56.5 Å². The second kappa shape index (κ2) is 18.2. The van der Waals surface area contributed by atoms with Crippen molar-refractivity contribution in [2.45, 2.75) is 116 Å². The Kier molecular flexibility index (Phi) is 14.2. The number of hydrogen-bond donors (Lipinski definition) is 1. The Morgan fingerprint density at radius 3 is 1.13 bits per heavy atom. The van der Waals surface area contributed by atoms with Gasteiger partial charge < -0.3 is 18.8 Å². The molecule has 2 aliphatic rings. The molecule has 2 saturated carbocycles. The van der Waals surface area contributed by atoms with Crippen LogP contribution in [0.2, 0.25) is 10.1 Å². The zero-order valence-electron chi connectivity index (χ0n) is 34.0. The van der Waals surface area contributed by atoms with E-state index in [0.29, 0.717) is 13.2 Å². The first kappa shape index (κ1) is 42.0. The molecular formula is C48H66O4Si2. The standard InChI is InChI=1S/C24H34O2Si.C24H32O2Si/c2*1-23(2,3)27(21-13-7-4-8-14-21,22-15-9-5-10-16-22)26-20-24(19-25)17-11-6-12-18-24/h4-5,7-10,13-16,25H,6,11-12,17-20H2,1-3H3;4-5,7-10,13-16,19H,6,11-12,17-18,20H2,1-3H3. The molecule has 0 radical (unpaired) electrons. The van der Waals surface area contributed by atoms with Crippen LogP contribution in [0.1, 0.15) is 106 Å². The maximum Gasteiger partial charge on any atom is 0.261 e. The average Bonchev–Trinajstić information content (AvgIpc) is 3.20. The number of benzene rings is 4. The van der Waals surface area contributed by atoms with Crippen molar-refractivity contribution in [3.63, 3.8) is 0 Å². The molecule has 4 nitrogen and oxygen atoms in total. The summed E-state index contributed by atoms with van der Waals surface area (Å²) in [6.07, 6.45) is 12.4. The lowest BCUT2D eigenvalue weighted by Gasteiger charge is -2.46. The topological polar surface area (TPSA) is 55.8 Å². The van der Waals surface area contributed by atoms with Crippen molar-refractivity contribution in [1.82, 2.24) is 0 Å². The van der Waals surface area contributed by atoms with Gasteiger partial charge in [0.25, 0.3) is 16.6 Å². The number of hydrogen-bond acceptors (Lipinski definition) is 4. The lowest BCUT2D eigenvalue weighted by atomic mass is 9.75. The van der Waals surface area contributed by atoms with Gasteiger partial charge in [-0.25, -0.2) is 0 Å². The zero-order valence-corrected chi connectivity index (χ0v) is 36.0. The molecular weight excluding hydrogens is 697 g/mol. The van der Waals surface area contributed by atoms with Crippen LogP contribution in [0, 0.1) is 10.8 Å². The minimum Gasteiger partial charge on any atom is -0.407 e. The summed E-state index contributed by atoms with van der Waals surface area (Å²) in [6.45, 7) is 15.2. The summed E-state index contributed by atoms with van der Waals surface area (Å²) in [4.78, 5) is 12.1. The summed E-state index contributed by atoms with van der Waals surface area (Å²) >= 11 is 0. The monoisotopic (exact) mass is 762 g/mol. The lowest BCUT2D eigenvalue weighted by Crippen LogP contribution is -2.67. The smallest absolute Gasteiger partial charge is 0.261 e. The molecule has 6 heteroatoms. The molecule has 6 rings (SSSR count). The zero-order chi connectivity index (χ0) is 38.8. The first-order chi connectivity index (χ1) is 25.9. The number of carbonyl (C=O) groups excluding carboxylic acids is 1. The Bertz CT molecular complexity index is 1610. The molecule has 0 aliphatic heterocycles. The Morgan fingerprint density at radius 1 is 0.519 bits per heavy atom. The summed E-state index contributed by atoms with van der Waals surface area (Å²) in [5.41, 5.74) is -0.392. The molecule has 290 valence electrons. The number of aliphatic hydroxyl groups excluding tert-OH is 1. The van der Waals surface area contributed by atoms with Crippen LogP contribution >= 0.6 is 0 Å². The molecule has 0 aromatic heterocycles. The number of aliphatic hydroxyl groups is 1.